The van der Waals surface area contributed by atoms with Crippen LogP contribution in [0, 0.1) is 5.82 Å². The molecule has 0 aromatic heterocycles. The van der Waals surface area contributed by atoms with Crippen LogP contribution in [0.2, 0.25) is 0 Å². The summed E-state index contributed by atoms with van der Waals surface area (Å²) in [7, 11) is 0. The molecule has 17 heavy (non-hydrogen) atoms. The monoisotopic (exact) mass is 254 g/mol. The third-order valence-electron chi connectivity index (χ3n) is 2.81. The van der Waals surface area contributed by atoms with E-state index >= 15 is 0 Å². The van der Waals surface area contributed by atoms with Gasteiger partial charge in [-0.1, -0.05) is 18.3 Å². The SMILES string of the molecule is NC(=S)c1cc(CN2CCOCC2)ccc1F. The Kier molecular flexibility index (Phi) is 4.04. The number of morpholine rings is 1. The van der Waals surface area contributed by atoms with Gasteiger partial charge in [0, 0.05) is 25.2 Å². The Morgan fingerprint density at radius 3 is 2.76 bits per heavy atom. The predicted octanol–water partition coefficient (Wildman–Crippen LogP) is 1.29. The largest absolute Gasteiger partial charge is 0.389 e. The van der Waals surface area contributed by atoms with Gasteiger partial charge >= 0.3 is 0 Å². The van der Waals surface area contributed by atoms with E-state index in [1.165, 1.54) is 6.07 Å². The molecule has 0 radical (unpaired) electrons. The Labute approximate surface area is 105 Å². The number of thiocarbonyl (C=S) groups is 1. The first-order valence-electron chi connectivity index (χ1n) is 5.55. The number of hydrogen-bond donors (Lipinski definition) is 1. The maximum atomic E-state index is 13.4. The van der Waals surface area contributed by atoms with E-state index < -0.39 is 0 Å². The van der Waals surface area contributed by atoms with Crippen LogP contribution in [0.25, 0.3) is 0 Å². The van der Waals surface area contributed by atoms with Crippen molar-refractivity contribution in [2.24, 2.45) is 5.73 Å². The number of nitrogens with two attached hydrogens (primary N) is 1. The molecule has 1 aromatic carbocycles. The van der Waals surface area contributed by atoms with Crippen molar-refractivity contribution in [3.05, 3.63) is 35.1 Å². The maximum absolute atomic E-state index is 13.4. The Bertz CT molecular complexity index is 419. The second kappa shape index (κ2) is 5.53. The molecule has 2 N–H and O–H groups in total. The zero-order valence-electron chi connectivity index (χ0n) is 9.49. The maximum Gasteiger partial charge on any atom is 0.133 e. The van der Waals surface area contributed by atoms with Crippen molar-refractivity contribution in [2.75, 3.05) is 26.3 Å². The van der Waals surface area contributed by atoms with Crippen LogP contribution in [0.15, 0.2) is 18.2 Å². The number of rotatable bonds is 3. The summed E-state index contributed by atoms with van der Waals surface area (Å²) in [5.41, 5.74) is 6.82. The lowest BCUT2D eigenvalue weighted by atomic mass is 10.1. The number of halogens is 1. The lowest BCUT2D eigenvalue weighted by Crippen LogP contribution is -2.35. The average molecular weight is 254 g/mol. The van der Waals surface area contributed by atoms with E-state index in [0.717, 1.165) is 38.4 Å². The molecule has 0 amide bonds. The minimum absolute atomic E-state index is 0.103. The molecular weight excluding hydrogens is 239 g/mol. The Hall–Kier alpha value is -1.04. The molecule has 1 aliphatic heterocycles. The van der Waals surface area contributed by atoms with Crippen LogP contribution in [0.4, 0.5) is 4.39 Å². The smallest absolute Gasteiger partial charge is 0.133 e. The van der Waals surface area contributed by atoms with Crippen LogP contribution < -0.4 is 5.73 Å². The van der Waals surface area contributed by atoms with Gasteiger partial charge in [0.1, 0.15) is 10.8 Å². The van der Waals surface area contributed by atoms with E-state index in [-0.39, 0.29) is 10.8 Å². The molecule has 0 unspecified atom stereocenters. The number of benzene rings is 1. The van der Waals surface area contributed by atoms with Gasteiger partial charge in [-0.15, -0.1) is 0 Å². The minimum Gasteiger partial charge on any atom is -0.389 e. The summed E-state index contributed by atoms with van der Waals surface area (Å²) in [5.74, 6) is -0.358. The number of ether oxygens (including phenoxy) is 1. The van der Waals surface area contributed by atoms with Gasteiger partial charge in [0.2, 0.25) is 0 Å². The van der Waals surface area contributed by atoms with E-state index in [0.29, 0.717) is 5.56 Å². The summed E-state index contributed by atoms with van der Waals surface area (Å²) >= 11 is 4.82. The van der Waals surface area contributed by atoms with Gasteiger partial charge in [0.05, 0.1) is 13.2 Å². The minimum atomic E-state index is -0.358. The first-order chi connectivity index (χ1) is 8.16. The third kappa shape index (κ3) is 3.21. The highest BCUT2D eigenvalue weighted by molar-refractivity contribution is 7.80. The molecular formula is C12H15FN2OS. The highest BCUT2D eigenvalue weighted by atomic mass is 32.1. The molecule has 0 atom stereocenters. The van der Waals surface area contributed by atoms with E-state index in [1.54, 1.807) is 12.1 Å². The Morgan fingerprint density at radius 2 is 2.12 bits per heavy atom. The molecule has 2 rings (SSSR count). The molecule has 1 aliphatic rings. The fourth-order valence-electron chi connectivity index (χ4n) is 1.88. The van der Waals surface area contributed by atoms with Crippen LogP contribution in [0.5, 0.6) is 0 Å². The van der Waals surface area contributed by atoms with Crippen LogP contribution in [0.3, 0.4) is 0 Å². The molecule has 92 valence electrons. The zero-order chi connectivity index (χ0) is 12.3. The van der Waals surface area contributed by atoms with Crippen molar-refractivity contribution >= 4 is 17.2 Å². The fraction of sp³-hybridized carbons (Fsp3) is 0.417. The summed E-state index contributed by atoms with van der Waals surface area (Å²) in [6, 6.07) is 4.92. The second-order valence-corrected chi connectivity index (χ2v) is 4.51. The summed E-state index contributed by atoms with van der Waals surface area (Å²) in [6.45, 7) is 4.09. The van der Waals surface area contributed by atoms with Crippen molar-refractivity contribution in [3.8, 4) is 0 Å². The molecule has 1 aromatic rings. The molecule has 1 fully saturated rings. The molecule has 0 saturated carbocycles. The van der Waals surface area contributed by atoms with Crippen LogP contribution in [-0.4, -0.2) is 36.2 Å². The average Bonchev–Trinajstić information content (AvgIpc) is 2.32. The molecule has 0 bridgehead atoms. The molecule has 1 heterocycles. The van der Waals surface area contributed by atoms with Gasteiger partial charge < -0.3 is 10.5 Å². The second-order valence-electron chi connectivity index (χ2n) is 4.07. The molecule has 1 saturated heterocycles. The van der Waals surface area contributed by atoms with Crippen molar-refractivity contribution < 1.29 is 9.13 Å². The summed E-state index contributed by atoms with van der Waals surface area (Å²) in [6.07, 6.45) is 0. The molecule has 0 spiro atoms. The zero-order valence-corrected chi connectivity index (χ0v) is 10.3. The molecule has 5 heteroatoms. The van der Waals surface area contributed by atoms with Crippen LogP contribution in [0.1, 0.15) is 11.1 Å². The lowest BCUT2D eigenvalue weighted by molar-refractivity contribution is 0.0342. The highest BCUT2D eigenvalue weighted by Gasteiger charge is 2.12. The van der Waals surface area contributed by atoms with Crippen molar-refractivity contribution in [3.63, 3.8) is 0 Å². The van der Waals surface area contributed by atoms with Crippen LogP contribution in [-0.2, 0) is 11.3 Å². The van der Waals surface area contributed by atoms with Gasteiger partial charge in [-0.2, -0.15) is 0 Å². The van der Waals surface area contributed by atoms with Gasteiger partial charge in [-0.05, 0) is 17.7 Å². The van der Waals surface area contributed by atoms with Crippen molar-refractivity contribution in [1.82, 2.24) is 4.90 Å². The first kappa shape index (κ1) is 12.4. The van der Waals surface area contributed by atoms with E-state index in [2.05, 4.69) is 4.90 Å². The quantitative estimate of drug-likeness (QED) is 0.825. The molecule has 3 nitrogen and oxygen atoms in total. The predicted molar refractivity (Wildman–Crippen MR) is 68.4 cm³/mol. The van der Waals surface area contributed by atoms with Crippen molar-refractivity contribution in [2.45, 2.75) is 6.54 Å². The third-order valence-corrected chi connectivity index (χ3v) is 3.03. The summed E-state index contributed by atoms with van der Waals surface area (Å²) in [5, 5.41) is 0. The fourth-order valence-corrected chi connectivity index (χ4v) is 2.03. The Balaban J connectivity index is 2.10. The summed E-state index contributed by atoms with van der Waals surface area (Å²) < 4.78 is 18.7. The number of hydrogen-bond acceptors (Lipinski definition) is 3. The number of nitrogens with zero attached hydrogens (tertiary/aromatic N) is 1. The first-order valence-corrected chi connectivity index (χ1v) is 5.96. The topological polar surface area (TPSA) is 38.5 Å². The standard InChI is InChI=1S/C12H15FN2OS/c13-11-2-1-9(7-10(11)12(14)17)8-15-3-5-16-6-4-15/h1-2,7H,3-6,8H2,(H2,14,17). The van der Waals surface area contributed by atoms with E-state index in [1.807, 2.05) is 0 Å². The Morgan fingerprint density at radius 1 is 1.41 bits per heavy atom. The van der Waals surface area contributed by atoms with E-state index in [9.17, 15) is 4.39 Å². The highest BCUT2D eigenvalue weighted by Crippen LogP contribution is 2.13. The normalized spacial score (nSPS) is 17.0. The lowest BCUT2D eigenvalue weighted by Gasteiger charge is -2.26. The van der Waals surface area contributed by atoms with Gasteiger partial charge in [-0.3, -0.25) is 4.90 Å². The van der Waals surface area contributed by atoms with Gasteiger partial charge in [0.25, 0.3) is 0 Å². The van der Waals surface area contributed by atoms with Crippen molar-refractivity contribution in [1.29, 1.82) is 0 Å². The van der Waals surface area contributed by atoms with Gasteiger partial charge in [0.15, 0.2) is 0 Å². The van der Waals surface area contributed by atoms with Gasteiger partial charge in [-0.25, -0.2) is 4.39 Å². The molecule has 0 aliphatic carbocycles. The van der Waals surface area contributed by atoms with E-state index in [4.69, 9.17) is 22.7 Å². The van der Waals surface area contributed by atoms with Crippen LogP contribution >= 0.6 is 12.2 Å². The summed E-state index contributed by atoms with van der Waals surface area (Å²) in [4.78, 5) is 2.37.